The number of aromatic nitrogens is 1. The number of nitro groups is 1. The Hall–Kier alpha value is -1.40. The third-order valence-corrected chi connectivity index (χ3v) is 3.81. The molecule has 0 amide bonds. The van der Waals surface area contributed by atoms with Crippen LogP contribution in [0.25, 0.3) is 0 Å². The molecule has 0 aliphatic carbocycles. The molecule has 1 aromatic heterocycles. The van der Waals surface area contributed by atoms with Crippen molar-refractivity contribution in [3.63, 3.8) is 0 Å². The zero-order valence-corrected chi connectivity index (χ0v) is 12.3. The molecule has 110 valence electrons. The highest BCUT2D eigenvalue weighted by Crippen LogP contribution is 2.31. The average Bonchev–Trinajstić information content (AvgIpc) is 2.45. The van der Waals surface area contributed by atoms with Crippen LogP contribution < -0.4 is 10.2 Å². The summed E-state index contributed by atoms with van der Waals surface area (Å²) in [5.41, 5.74) is -0.0115. The molecule has 0 unspecified atom stereocenters. The number of nitrogens with one attached hydrogen (secondary N) is 1. The Morgan fingerprint density at radius 1 is 1.55 bits per heavy atom. The highest BCUT2D eigenvalue weighted by atomic mass is 35.5. The topological polar surface area (TPSA) is 71.3 Å². The fourth-order valence-electron chi connectivity index (χ4n) is 2.50. The van der Waals surface area contributed by atoms with Gasteiger partial charge in [0.2, 0.25) is 5.82 Å². The first kappa shape index (κ1) is 15.0. The van der Waals surface area contributed by atoms with Gasteiger partial charge in [0.1, 0.15) is 0 Å². The molecule has 6 nitrogen and oxygen atoms in total. The molecule has 0 saturated carbocycles. The van der Waals surface area contributed by atoms with Gasteiger partial charge in [-0.3, -0.25) is 10.1 Å². The number of pyridine rings is 1. The van der Waals surface area contributed by atoms with Crippen LogP contribution in [0.5, 0.6) is 0 Å². The van der Waals surface area contributed by atoms with Gasteiger partial charge in [-0.05, 0) is 31.8 Å². The number of piperidine rings is 1. The molecule has 2 heterocycles. The molecule has 1 fully saturated rings. The van der Waals surface area contributed by atoms with Gasteiger partial charge in [-0.25, -0.2) is 4.98 Å². The number of hydrogen-bond acceptors (Lipinski definition) is 5. The van der Waals surface area contributed by atoms with E-state index in [0.29, 0.717) is 16.8 Å². The highest BCUT2D eigenvalue weighted by Gasteiger charge is 2.26. The number of halogens is 1. The van der Waals surface area contributed by atoms with Crippen molar-refractivity contribution in [1.29, 1.82) is 0 Å². The number of anilines is 1. The van der Waals surface area contributed by atoms with E-state index in [1.165, 1.54) is 12.3 Å². The third-order valence-electron chi connectivity index (χ3n) is 3.61. The molecule has 0 bridgehead atoms. The lowest BCUT2D eigenvalue weighted by Gasteiger charge is -2.32. The first-order valence-electron chi connectivity index (χ1n) is 6.87. The monoisotopic (exact) mass is 298 g/mol. The zero-order valence-electron chi connectivity index (χ0n) is 11.5. The van der Waals surface area contributed by atoms with Gasteiger partial charge in [-0.15, -0.1) is 0 Å². The van der Waals surface area contributed by atoms with Gasteiger partial charge in [0.15, 0.2) is 0 Å². The Morgan fingerprint density at radius 3 is 2.85 bits per heavy atom. The molecule has 1 aliphatic heterocycles. The molecule has 1 aliphatic rings. The van der Waals surface area contributed by atoms with E-state index >= 15 is 0 Å². The second kappa shape index (κ2) is 6.85. The van der Waals surface area contributed by atoms with Crippen LogP contribution >= 0.6 is 11.6 Å². The Bertz CT molecular complexity index is 475. The lowest BCUT2D eigenvalue weighted by molar-refractivity contribution is -0.384. The highest BCUT2D eigenvalue weighted by molar-refractivity contribution is 6.30. The molecule has 7 heteroatoms. The predicted molar refractivity (Wildman–Crippen MR) is 79.4 cm³/mol. The summed E-state index contributed by atoms with van der Waals surface area (Å²) in [5, 5.41) is 14.7. The van der Waals surface area contributed by atoms with E-state index in [0.717, 1.165) is 39.0 Å². The first-order valence-corrected chi connectivity index (χ1v) is 7.25. The van der Waals surface area contributed by atoms with E-state index < -0.39 is 4.92 Å². The molecule has 0 atom stereocenters. The minimum atomic E-state index is -0.418. The number of nitrogens with zero attached hydrogens (tertiary/aromatic N) is 3. The third kappa shape index (κ3) is 3.58. The van der Waals surface area contributed by atoms with Crippen molar-refractivity contribution in [2.75, 3.05) is 31.1 Å². The van der Waals surface area contributed by atoms with Crippen molar-refractivity contribution in [3.05, 3.63) is 27.4 Å². The van der Waals surface area contributed by atoms with Crippen LogP contribution in [0.1, 0.15) is 19.8 Å². The van der Waals surface area contributed by atoms with E-state index in [2.05, 4.69) is 17.2 Å². The maximum absolute atomic E-state index is 11.1. The number of hydrogen-bond donors (Lipinski definition) is 1. The first-order chi connectivity index (χ1) is 9.61. The zero-order chi connectivity index (χ0) is 14.5. The normalized spacial score (nSPS) is 16.4. The molecule has 0 spiro atoms. The van der Waals surface area contributed by atoms with Gasteiger partial charge >= 0.3 is 5.69 Å². The van der Waals surface area contributed by atoms with Crippen molar-refractivity contribution in [2.24, 2.45) is 5.92 Å². The molecule has 1 saturated heterocycles. The Morgan fingerprint density at radius 2 is 2.25 bits per heavy atom. The fraction of sp³-hybridized carbons (Fsp3) is 0.615. The second-order valence-corrected chi connectivity index (χ2v) is 5.43. The smallest absolute Gasteiger partial charge is 0.313 e. The van der Waals surface area contributed by atoms with Crippen molar-refractivity contribution < 1.29 is 4.92 Å². The van der Waals surface area contributed by atoms with Crippen LogP contribution in [-0.4, -0.2) is 36.1 Å². The van der Waals surface area contributed by atoms with Gasteiger partial charge in [0, 0.05) is 25.4 Å². The lowest BCUT2D eigenvalue weighted by atomic mass is 9.96. The lowest BCUT2D eigenvalue weighted by Crippen LogP contribution is -2.38. The van der Waals surface area contributed by atoms with Gasteiger partial charge < -0.3 is 10.2 Å². The standard InChI is InChI=1S/C13H19ClN4O2/c1-2-15-8-10-3-5-17(6-4-10)13-12(18(19)20)7-11(14)9-16-13/h7,9-10,15H,2-6,8H2,1H3. The molecular weight excluding hydrogens is 280 g/mol. The number of rotatable bonds is 5. The van der Waals surface area contributed by atoms with Crippen LogP contribution in [0.3, 0.4) is 0 Å². The van der Waals surface area contributed by atoms with Gasteiger partial charge in [-0.1, -0.05) is 18.5 Å². The van der Waals surface area contributed by atoms with E-state index in [4.69, 9.17) is 11.6 Å². The van der Waals surface area contributed by atoms with Crippen LogP contribution in [0.2, 0.25) is 5.02 Å². The maximum Gasteiger partial charge on any atom is 0.313 e. The van der Waals surface area contributed by atoms with E-state index in [-0.39, 0.29) is 5.69 Å². The molecule has 2 rings (SSSR count). The summed E-state index contributed by atoms with van der Waals surface area (Å²) in [5.74, 6) is 1.07. The molecular formula is C13H19ClN4O2. The summed E-state index contributed by atoms with van der Waals surface area (Å²) < 4.78 is 0. The van der Waals surface area contributed by atoms with E-state index in [1.54, 1.807) is 0 Å². The van der Waals surface area contributed by atoms with E-state index in [9.17, 15) is 10.1 Å². The molecule has 0 radical (unpaired) electrons. The molecule has 1 aromatic rings. The summed E-state index contributed by atoms with van der Waals surface area (Å²) in [7, 11) is 0. The minimum Gasteiger partial charge on any atom is -0.351 e. The van der Waals surface area contributed by atoms with Crippen LogP contribution in [-0.2, 0) is 0 Å². The van der Waals surface area contributed by atoms with Gasteiger partial charge in [0.25, 0.3) is 0 Å². The summed E-state index contributed by atoms with van der Waals surface area (Å²) in [4.78, 5) is 16.8. The molecule has 0 aromatic carbocycles. The van der Waals surface area contributed by atoms with Crippen LogP contribution in [0.4, 0.5) is 11.5 Å². The Kier molecular flexibility index (Phi) is 5.14. The Balaban J connectivity index is 2.05. The quantitative estimate of drug-likeness (QED) is 0.668. The summed E-state index contributed by atoms with van der Waals surface area (Å²) in [6.07, 6.45) is 3.51. The SMILES string of the molecule is CCNCC1CCN(c2ncc(Cl)cc2[N+](=O)[O-])CC1. The van der Waals surface area contributed by atoms with Crippen molar-refractivity contribution in [3.8, 4) is 0 Å². The fourth-order valence-corrected chi connectivity index (χ4v) is 2.65. The van der Waals surface area contributed by atoms with E-state index in [1.807, 2.05) is 4.90 Å². The van der Waals surface area contributed by atoms with Crippen molar-refractivity contribution in [1.82, 2.24) is 10.3 Å². The van der Waals surface area contributed by atoms with Crippen molar-refractivity contribution >= 4 is 23.1 Å². The second-order valence-electron chi connectivity index (χ2n) is 4.99. The van der Waals surface area contributed by atoms with Gasteiger partial charge in [0.05, 0.1) is 9.95 Å². The van der Waals surface area contributed by atoms with Gasteiger partial charge in [-0.2, -0.15) is 0 Å². The van der Waals surface area contributed by atoms with Crippen LogP contribution in [0.15, 0.2) is 12.3 Å². The summed E-state index contributed by atoms with van der Waals surface area (Å²) in [6, 6.07) is 1.37. The minimum absolute atomic E-state index is 0.0115. The maximum atomic E-state index is 11.1. The predicted octanol–water partition coefficient (Wildman–Crippen LogP) is 2.47. The summed E-state index contributed by atoms with van der Waals surface area (Å²) >= 11 is 5.79. The average molecular weight is 299 g/mol. The van der Waals surface area contributed by atoms with Crippen molar-refractivity contribution in [2.45, 2.75) is 19.8 Å². The molecule has 1 N–H and O–H groups in total. The molecule has 20 heavy (non-hydrogen) atoms. The Labute approximate surface area is 123 Å². The summed E-state index contributed by atoms with van der Waals surface area (Å²) in [6.45, 7) is 5.68. The largest absolute Gasteiger partial charge is 0.351 e. The van der Waals surface area contributed by atoms with Crippen LogP contribution in [0, 0.1) is 16.0 Å².